The maximum atomic E-state index is 10.7. The number of aromatic nitrogens is 2. The molecule has 0 aliphatic heterocycles. The summed E-state index contributed by atoms with van der Waals surface area (Å²) in [6.45, 7) is 6.62. The number of rotatable bonds is 2. The van der Waals surface area contributed by atoms with E-state index in [2.05, 4.69) is 25.9 Å². The van der Waals surface area contributed by atoms with Gasteiger partial charge in [0.25, 0.3) is 0 Å². The molecule has 2 unspecified atom stereocenters. The molecule has 0 saturated heterocycles. The molecule has 1 aliphatic rings. The van der Waals surface area contributed by atoms with Gasteiger partial charge < -0.3 is 5.11 Å². The Morgan fingerprint density at radius 3 is 2.69 bits per heavy atom. The van der Waals surface area contributed by atoms with Gasteiger partial charge in [0.05, 0.1) is 11.3 Å². The van der Waals surface area contributed by atoms with Crippen LogP contribution < -0.4 is 0 Å². The molecule has 0 radical (unpaired) electrons. The van der Waals surface area contributed by atoms with Crippen molar-refractivity contribution in [2.24, 2.45) is 18.4 Å². The summed E-state index contributed by atoms with van der Waals surface area (Å²) in [6, 6.07) is 2.00. The van der Waals surface area contributed by atoms with Gasteiger partial charge in [-0.3, -0.25) is 4.68 Å². The minimum atomic E-state index is -0.572. The van der Waals surface area contributed by atoms with Gasteiger partial charge in [0.1, 0.15) is 0 Å². The Morgan fingerprint density at radius 2 is 2.25 bits per heavy atom. The van der Waals surface area contributed by atoms with Crippen molar-refractivity contribution < 1.29 is 5.11 Å². The monoisotopic (exact) mass is 222 g/mol. The van der Waals surface area contributed by atoms with E-state index in [-0.39, 0.29) is 5.41 Å². The normalized spacial score (nSPS) is 33.2. The Bertz CT molecular complexity index is 383. The van der Waals surface area contributed by atoms with Crippen molar-refractivity contribution >= 4 is 0 Å². The second-order valence-electron chi connectivity index (χ2n) is 6.21. The van der Waals surface area contributed by atoms with Crippen molar-refractivity contribution in [3.63, 3.8) is 0 Å². The third-order valence-corrected chi connectivity index (χ3v) is 3.82. The second-order valence-corrected chi connectivity index (χ2v) is 6.21. The fraction of sp³-hybridized carbons (Fsp3) is 0.769. The quantitative estimate of drug-likeness (QED) is 0.832. The lowest BCUT2D eigenvalue weighted by Crippen LogP contribution is -2.35. The average molecular weight is 222 g/mol. The van der Waals surface area contributed by atoms with Crippen molar-refractivity contribution in [3.8, 4) is 0 Å². The zero-order chi connectivity index (χ0) is 12.0. The van der Waals surface area contributed by atoms with Gasteiger partial charge in [0, 0.05) is 19.7 Å². The lowest BCUT2D eigenvalue weighted by atomic mass is 9.86. The fourth-order valence-corrected chi connectivity index (χ4v) is 3.20. The van der Waals surface area contributed by atoms with Crippen LogP contribution >= 0.6 is 0 Å². The molecular weight excluding hydrogens is 200 g/mol. The molecule has 1 N–H and O–H groups in total. The summed E-state index contributed by atoms with van der Waals surface area (Å²) < 4.78 is 1.80. The van der Waals surface area contributed by atoms with E-state index in [9.17, 15) is 5.11 Å². The molecule has 0 spiro atoms. The van der Waals surface area contributed by atoms with Crippen molar-refractivity contribution in [3.05, 3.63) is 18.0 Å². The van der Waals surface area contributed by atoms with Crippen LogP contribution in [0.3, 0.4) is 0 Å². The number of nitrogens with zero attached hydrogens (tertiary/aromatic N) is 2. The summed E-state index contributed by atoms with van der Waals surface area (Å²) in [5, 5.41) is 15.1. The Morgan fingerprint density at radius 1 is 1.56 bits per heavy atom. The molecule has 1 heterocycles. The molecule has 1 aromatic rings. The van der Waals surface area contributed by atoms with E-state index in [1.54, 1.807) is 4.68 Å². The van der Waals surface area contributed by atoms with Gasteiger partial charge in [-0.2, -0.15) is 5.10 Å². The lowest BCUT2D eigenvalue weighted by Gasteiger charge is -2.27. The van der Waals surface area contributed by atoms with Crippen LogP contribution in [0, 0.1) is 11.3 Å². The Kier molecular flexibility index (Phi) is 2.61. The maximum absolute atomic E-state index is 10.7. The smallest absolute Gasteiger partial charge is 0.0734 e. The molecule has 90 valence electrons. The van der Waals surface area contributed by atoms with E-state index in [0.717, 1.165) is 18.5 Å². The highest BCUT2D eigenvalue weighted by Crippen LogP contribution is 2.48. The van der Waals surface area contributed by atoms with Gasteiger partial charge in [-0.05, 0) is 30.2 Å². The van der Waals surface area contributed by atoms with Crippen LogP contribution in [0.15, 0.2) is 12.3 Å². The molecule has 0 amide bonds. The van der Waals surface area contributed by atoms with Crippen LogP contribution in [-0.4, -0.2) is 20.5 Å². The number of aryl methyl sites for hydroxylation is 1. The largest absolute Gasteiger partial charge is 0.389 e. The first kappa shape index (κ1) is 11.6. The van der Waals surface area contributed by atoms with E-state index in [0.29, 0.717) is 12.3 Å². The molecule has 1 fully saturated rings. The van der Waals surface area contributed by atoms with Crippen LogP contribution in [0.1, 0.15) is 39.3 Å². The summed E-state index contributed by atoms with van der Waals surface area (Å²) in [5.41, 5.74) is 0.676. The summed E-state index contributed by atoms with van der Waals surface area (Å²) in [4.78, 5) is 0. The van der Waals surface area contributed by atoms with Crippen molar-refractivity contribution in [2.45, 2.75) is 45.6 Å². The molecule has 16 heavy (non-hydrogen) atoms. The van der Waals surface area contributed by atoms with Crippen molar-refractivity contribution in [1.29, 1.82) is 0 Å². The third-order valence-electron chi connectivity index (χ3n) is 3.82. The molecule has 1 aromatic heterocycles. The van der Waals surface area contributed by atoms with Crippen LogP contribution in [0.4, 0.5) is 0 Å². The maximum Gasteiger partial charge on any atom is 0.0734 e. The minimum Gasteiger partial charge on any atom is -0.389 e. The first-order valence-corrected chi connectivity index (χ1v) is 6.02. The molecule has 1 aliphatic carbocycles. The zero-order valence-electron chi connectivity index (χ0n) is 10.7. The van der Waals surface area contributed by atoms with Crippen LogP contribution in [0.5, 0.6) is 0 Å². The van der Waals surface area contributed by atoms with Crippen molar-refractivity contribution in [2.75, 3.05) is 0 Å². The van der Waals surface area contributed by atoms with Crippen LogP contribution in [-0.2, 0) is 13.5 Å². The number of aliphatic hydroxyl groups is 1. The Balaban J connectivity index is 2.14. The van der Waals surface area contributed by atoms with Gasteiger partial charge in [-0.1, -0.05) is 20.8 Å². The van der Waals surface area contributed by atoms with Gasteiger partial charge in [-0.15, -0.1) is 0 Å². The highest BCUT2D eigenvalue weighted by molar-refractivity contribution is 5.09. The third kappa shape index (κ3) is 2.14. The summed E-state index contributed by atoms with van der Waals surface area (Å²) in [6.07, 6.45) is 4.58. The first-order chi connectivity index (χ1) is 7.31. The molecular formula is C13H22N2O. The molecule has 0 bridgehead atoms. The minimum absolute atomic E-state index is 0.253. The van der Waals surface area contributed by atoms with Gasteiger partial charge >= 0.3 is 0 Å². The average Bonchev–Trinajstić information content (AvgIpc) is 2.55. The van der Waals surface area contributed by atoms with Gasteiger partial charge in [0.15, 0.2) is 0 Å². The lowest BCUT2D eigenvalue weighted by molar-refractivity contribution is 0.00351. The predicted molar refractivity (Wildman–Crippen MR) is 64.0 cm³/mol. The second kappa shape index (κ2) is 3.59. The van der Waals surface area contributed by atoms with E-state index < -0.39 is 5.60 Å². The summed E-state index contributed by atoms with van der Waals surface area (Å²) in [7, 11) is 1.91. The number of hydrogen-bond donors (Lipinski definition) is 1. The fourth-order valence-electron chi connectivity index (χ4n) is 3.20. The Hall–Kier alpha value is -0.830. The van der Waals surface area contributed by atoms with Crippen LogP contribution in [0.2, 0.25) is 0 Å². The van der Waals surface area contributed by atoms with E-state index in [1.165, 1.54) is 0 Å². The first-order valence-electron chi connectivity index (χ1n) is 6.02. The van der Waals surface area contributed by atoms with Gasteiger partial charge in [0.2, 0.25) is 0 Å². The highest BCUT2D eigenvalue weighted by Gasteiger charge is 2.47. The van der Waals surface area contributed by atoms with E-state index in [4.69, 9.17) is 0 Å². The topological polar surface area (TPSA) is 38.0 Å². The highest BCUT2D eigenvalue weighted by atomic mass is 16.3. The molecule has 1 saturated carbocycles. The molecule has 3 heteroatoms. The Labute approximate surface area is 97.5 Å². The standard InChI is InChI=1S/C13H22N2O/c1-10-7-12(2,3)9-13(10,16)8-11-5-6-15(4)14-11/h5-6,10,16H,7-9H2,1-4H3. The number of hydrogen-bond acceptors (Lipinski definition) is 2. The molecule has 0 aromatic carbocycles. The summed E-state index contributed by atoms with van der Waals surface area (Å²) >= 11 is 0. The van der Waals surface area contributed by atoms with Crippen molar-refractivity contribution in [1.82, 2.24) is 9.78 Å². The molecule has 3 nitrogen and oxygen atoms in total. The van der Waals surface area contributed by atoms with Gasteiger partial charge in [-0.25, -0.2) is 0 Å². The van der Waals surface area contributed by atoms with Crippen LogP contribution in [0.25, 0.3) is 0 Å². The SMILES string of the molecule is CC1CC(C)(C)CC1(O)Cc1ccn(C)n1. The van der Waals surface area contributed by atoms with E-state index in [1.807, 2.05) is 19.3 Å². The molecule has 2 atom stereocenters. The van der Waals surface area contributed by atoms with E-state index >= 15 is 0 Å². The predicted octanol–water partition coefficient (Wildman–Crippen LogP) is 2.15. The summed E-state index contributed by atoms with van der Waals surface area (Å²) in [5.74, 6) is 0.351. The molecule has 2 rings (SSSR count). The zero-order valence-corrected chi connectivity index (χ0v) is 10.7.